The first-order chi connectivity index (χ1) is 11.6. The average Bonchev–Trinajstić information content (AvgIpc) is 3.03. The van der Waals surface area contributed by atoms with E-state index in [1.165, 1.54) is 0 Å². The molecule has 1 aromatic heterocycles. The Bertz CT molecular complexity index is 1130. The molecule has 0 aliphatic carbocycles. The lowest BCUT2D eigenvalue weighted by Gasteiger charge is -2.07. The summed E-state index contributed by atoms with van der Waals surface area (Å²) in [6.07, 6.45) is 0. The number of hydrogen-bond acceptors (Lipinski definition) is 3. The average molecular weight is 353 g/mol. The maximum Gasteiger partial charge on any atom is 0.240 e. The first kappa shape index (κ1) is 15.3. The molecule has 24 heavy (non-hydrogen) atoms. The third-order valence-electron chi connectivity index (χ3n) is 4.05. The Morgan fingerprint density at radius 1 is 0.875 bits per heavy atom. The Morgan fingerprint density at radius 3 is 2.50 bits per heavy atom. The molecule has 4 aromatic rings. The summed E-state index contributed by atoms with van der Waals surface area (Å²) in [6, 6.07) is 21.0. The monoisotopic (exact) mass is 353 g/mol. The van der Waals surface area contributed by atoms with E-state index in [0.717, 1.165) is 26.4 Å². The Balaban J connectivity index is 1.62. The van der Waals surface area contributed by atoms with Crippen LogP contribution in [0, 0.1) is 0 Å². The number of nitrogens with one attached hydrogen (secondary N) is 1. The summed E-state index contributed by atoms with van der Waals surface area (Å²) in [5.74, 6) is 0. The van der Waals surface area contributed by atoms with Crippen molar-refractivity contribution in [2.24, 2.45) is 0 Å². The summed E-state index contributed by atoms with van der Waals surface area (Å²) in [5, 5.41) is 5.05. The van der Waals surface area contributed by atoms with Crippen molar-refractivity contribution in [2.75, 3.05) is 0 Å². The zero-order valence-electron chi connectivity index (χ0n) is 12.8. The molecule has 0 amide bonds. The number of hydrogen-bond donors (Lipinski definition) is 1. The lowest BCUT2D eigenvalue weighted by molar-refractivity contribution is 0.581. The van der Waals surface area contributed by atoms with Crippen molar-refractivity contribution < 1.29 is 8.42 Å². The summed E-state index contributed by atoms with van der Waals surface area (Å²) >= 11 is 1.63. The van der Waals surface area contributed by atoms with Crippen LogP contribution in [0.25, 0.3) is 20.9 Å². The summed E-state index contributed by atoms with van der Waals surface area (Å²) in [7, 11) is -3.54. The molecular weight excluding hydrogens is 338 g/mol. The van der Waals surface area contributed by atoms with Gasteiger partial charge in [-0.15, -0.1) is 11.3 Å². The predicted octanol–water partition coefficient (Wildman–Crippen LogP) is 4.53. The van der Waals surface area contributed by atoms with Gasteiger partial charge in [0, 0.05) is 11.2 Å². The number of sulfonamides is 1. The lowest BCUT2D eigenvalue weighted by Crippen LogP contribution is -2.23. The Kier molecular flexibility index (Phi) is 3.84. The zero-order valence-corrected chi connectivity index (χ0v) is 14.4. The highest BCUT2D eigenvalue weighted by atomic mass is 32.2. The largest absolute Gasteiger partial charge is 0.240 e. The van der Waals surface area contributed by atoms with Gasteiger partial charge < -0.3 is 0 Å². The molecule has 0 bridgehead atoms. The Labute approximate surface area is 144 Å². The quantitative estimate of drug-likeness (QED) is 0.586. The Morgan fingerprint density at radius 2 is 1.62 bits per heavy atom. The molecule has 3 aromatic carbocycles. The maximum atomic E-state index is 12.6. The van der Waals surface area contributed by atoms with E-state index in [0.29, 0.717) is 11.4 Å². The van der Waals surface area contributed by atoms with Crippen molar-refractivity contribution in [2.45, 2.75) is 11.4 Å². The third kappa shape index (κ3) is 2.82. The standard InChI is InChI=1S/C19H15NO2S2/c21-24(22,17-10-9-14-5-1-2-6-15(14)11-17)20-12-16-13-23-19-8-4-3-7-18(16)19/h1-11,13,20H,12H2. The smallest absolute Gasteiger partial charge is 0.207 e. The topological polar surface area (TPSA) is 46.2 Å². The second-order valence-electron chi connectivity index (χ2n) is 5.59. The van der Waals surface area contributed by atoms with Crippen molar-refractivity contribution in [3.8, 4) is 0 Å². The molecule has 0 atom stereocenters. The molecule has 0 saturated heterocycles. The van der Waals surface area contributed by atoms with Gasteiger partial charge in [0.2, 0.25) is 10.0 Å². The van der Waals surface area contributed by atoms with Crippen LogP contribution in [0.2, 0.25) is 0 Å². The number of rotatable bonds is 4. The summed E-state index contributed by atoms with van der Waals surface area (Å²) in [4.78, 5) is 0.292. The minimum absolute atomic E-state index is 0.291. The van der Waals surface area contributed by atoms with Crippen LogP contribution >= 0.6 is 11.3 Å². The molecule has 3 nitrogen and oxygen atoms in total. The molecule has 1 N–H and O–H groups in total. The predicted molar refractivity (Wildman–Crippen MR) is 99.8 cm³/mol. The van der Waals surface area contributed by atoms with E-state index in [-0.39, 0.29) is 0 Å². The first-order valence-electron chi connectivity index (χ1n) is 7.57. The highest BCUT2D eigenvalue weighted by molar-refractivity contribution is 7.89. The van der Waals surface area contributed by atoms with Gasteiger partial charge in [-0.25, -0.2) is 13.1 Å². The fourth-order valence-electron chi connectivity index (χ4n) is 2.76. The van der Waals surface area contributed by atoms with Gasteiger partial charge in [-0.1, -0.05) is 48.5 Å². The van der Waals surface area contributed by atoms with Gasteiger partial charge >= 0.3 is 0 Å². The lowest BCUT2D eigenvalue weighted by atomic mass is 10.1. The van der Waals surface area contributed by atoms with Crippen LogP contribution in [0.4, 0.5) is 0 Å². The summed E-state index contributed by atoms with van der Waals surface area (Å²) < 4.78 is 29.1. The Hall–Kier alpha value is -2.21. The van der Waals surface area contributed by atoms with E-state index >= 15 is 0 Å². The SMILES string of the molecule is O=S(=O)(NCc1csc2ccccc12)c1ccc2ccccc2c1. The fourth-order valence-corrected chi connectivity index (χ4v) is 4.76. The van der Waals surface area contributed by atoms with E-state index < -0.39 is 10.0 Å². The van der Waals surface area contributed by atoms with Gasteiger partial charge in [0.15, 0.2) is 0 Å². The van der Waals surface area contributed by atoms with Gasteiger partial charge in [0.1, 0.15) is 0 Å². The van der Waals surface area contributed by atoms with Crippen LogP contribution < -0.4 is 4.72 Å². The summed E-state index contributed by atoms with van der Waals surface area (Å²) in [6.45, 7) is 0.291. The number of fused-ring (bicyclic) bond motifs is 2. The van der Waals surface area contributed by atoms with Crippen molar-refractivity contribution >= 4 is 42.2 Å². The third-order valence-corrected chi connectivity index (χ3v) is 6.46. The molecule has 0 aliphatic heterocycles. The highest BCUT2D eigenvalue weighted by Gasteiger charge is 2.15. The normalized spacial score (nSPS) is 12.0. The minimum Gasteiger partial charge on any atom is -0.207 e. The maximum absolute atomic E-state index is 12.6. The molecular formula is C19H15NO2S2. The molecule has 0 radical (unpaired) electrons. The molecule has 0 fully saturated rings. The van der Waals surface area contributed by atoms with Gasteiger partial charge in [-0.2, -0.15) is 0 Å². The van der Waals surface area contributed by atoms with Crippen LogP contribution in [0.1, 0.15) is 5.56 Å². The van der Waals surface area contributed by atoms with E-state index in [4.69, 9.17) is 0 Å². The van der Waals surface area contributed by atoms with Crippen molar-refractivity contribution in [3.63, 3.8) is 0 Å². The van der Waals surface area contributed by atoms with Gasteiger partial charge in [0.25, 0.3) is 0 Å². The second kappa shape index (κ2) is 6.02. The fraction of sp³-hybridized carbons (Fsp3) is 0.0526. The van der Waals surface area contributed by atoms with E-state index in [2.05, 4.69) is 4.72 Å². The van der Waals surface area contributed by atoms with Crippen molar-refractivity contribution in [1.29, 1.82) is 0 Å². The molecule has 0 aliphatic rings. The van der Waals surface area contributed by atoms with Gasteiger partial charge in [0.05, 0.1) is 4.90 Å². The van der Waals surface area contributed by atoms with Crippen LogP contribution in [0.15, 0.2) is 77.0 Å². The van der Waals surface area contributed by atoms with Crippen molar-refractivity contribution in [1.82, 2.24) is 4.72 Å². The highest BCUT2D eigenvalue weighted by Crippen LogP contribution is 2.26. The van der Waals surface area contributed by atoms with Crippen LogP contribution in [-0.2, 0) is 16.6 Å². The molecule has 4 rings (SSSR count). The molecule has 1 heterocycles. The van der Waals surface area contributed by atoms with Gasteiger partial charge in [-0.3, -0.25) is 0 Å². The number of thiophene rings is 1. The van der Waals surface area contributed by atoms with Crippen LogP contribution in [-0.4, -0.2) is 8.42 Å². The van der Waals surface area contributed by atoms with E-state index in [9.17, 15) is 8.42 Å². The molecule has 120 valence electrons. The molecule has 5 heteroatoms. The molecule has 0 spiro atoms. The van der Waals surface area contributed by atoms with E-state index in [1.54, 1.807) is 23.5 Å². The molecule has 0 saturated carbocycles. The summed E-state index contributed by atoms with van der Waals surface area (Å²) in [5.41, 5.74) is 1.000. The van der Waals surface area contributed by atoms with Crippen LogP contribution in [0.3, 0.4) is 0 Å². The molecule has 0 unspecified atom stereocenters. The van der Waals surface area contributed by atoms with E-state index in [1.807, 2.05) is 60.0 Å². The van der Waals surface area contributed by atoms with Crippen molar-refractivity contribution in [3.05, 3.63) is 77.7 Å². The minimum atomic E-state index is -3.54. The zero-order chi connectivity index (χ0) is 16.6. The number of benzene rings is 3. The second-order valence-corrected chi connectivity index (χ2v) is 8.27. The van der Waals surface area contributed by atoms with Gasteiger partial charge in [-0.05, 0) is 45.3 Å². The first-order valence-corrected chi connectivity index (χ1v) is 9.93. The van der Waals surface area contributed by atoms with Crippen LogP contribution in [0.5, 0.6) is 0 Å².